The Labute approximate surface area is 90.7 Å². The third kappa shape index (κ3) is 2.37. The molecule has 0 radical (unpaired) electrons. The Morgan fingerprint density at radius 2 is 2.07 bits per heavy atom. The molecule has 1 saturated carbocycles. The van der Waals surface area contributed by atoms with Crippen LogP contribution in [-0.4, -0.2) is 7.05 Å². The van der Waals surface area contributed by atoms with Gasteiger partial charge in [-0.2, -0.15) is 0 Å². The zero-order valence-corrected chi connectivity index (χ0v) is 9.17. The van der Waals surface area contributed by atoms with Crippen molar-refractivity contribution in [3.8, 4) is 0 Å². The number of benzene rings is 1. The first-order valence-corrected chi connectivity index (χ1v) is 5.74. The Hall–Kier alpha value is -0.890. The molecule has 0 amide bonds. The molecule has 2 rings (SSSR count). The van der Waals surface area contributed by atoms with E-state index in [1.807, 2.05) is 13.1 Å². The average molecular weight is 207 g/mol. The summed E-state index contributed by atoms with van der Waals surface area (Å²) < 4.78 is 13.1. The van der Waals surface area contributed by atoms with E-state index in [-0.39, 0.29) is 5.82 Å². The number of hydrogen-bond acceptors (Lipinski definition) is 1. The molecule has 0 saturated heterocycles. The van der Waals surface area contributed by atoms with Gasteiger partial charge in [-0.3, -0.25) is 0 Å². The van der Waals surface area contributed by atoms with Gasteiger partial charge in [0.25, 0.3) is 0 Å². The van der Waals surface area contributed by atoms with Crippen molar-refractivity contribution in [2.24, 2.45) is 5.92 Å². The van der Waals surface area contributed by atoms with Crippen LogP contribution in [-0.2, 0) is 0 Å². The Morgan fingerprint density at radius 3 is 2.67 bits per heavy atom. The molecule has 0 bridgehead atoms. The van der Waals surface area contributed by atoms with Gasteiger partial charge in [0.05, 0.1) is 0 Å². The minimum Gasteiger partial charge on any atom is -0.313 e. The Balaban J connectivity index is 2.18. The summed E-state index contributed by atoms with van der Waals surface area (Å²) in [6.45, 7) is 0. The lowest BCUT2D eigenvalue weighted by Crippen LogP contribution is -2.23. The number of halogens is 1. The van der Waals surface area contributed by atoms with Crippen LogP contribution < -0.4 is 5.32 Å². The highest BCUT2D eigenvalue weighted by atomic mass is 19.1. The Bertz CT molecular complexity index is 318. The average Bonchev–Trinajstić information content (AvgIpc) is 2.72. The maximum absolute atomic E-state index is 13.1. The molecule has 1 aliphatic carbocycles. The molecule has 0 heterocycles. The highest BCUT2D eigenvalue weighted by Crippen LogP contribution is 2.35. The molecule has 0 aromatic heterocycles. The van der Waals surface area contributed by atoms with Gasteiger partial charge in [-0.05, 0) is 43.5 Å². The van der Waals surface area contributed by atoms with Crippen molar-refractivity contribution >= 4 is 0 Å². The van der Waals surface area contributed by atoms with Gasteiger partial charge in [-0.1, -0.05) is 25.0 Å². The highest BCUT2D eigenvalue weighted by Gasteiger charge is 2.24. The first kappa shape index (κ1) is 10.6. The van der Waals surface area contributed by atoms with Crippen molar-refractivity contribution in [3.05, 3.63) is 35.6 Å². The summed E-state index contributed by atoms with van der Waals surface area (Å²) in [6.07, 6.45) is 5.17. The fourth-order valence-corrected chi connectivity index (χ4v) is 2.67. The second kappa shape index (κ2) is 4.75. The quantitative estimate of drug-likeness (QED) is 0.802. The first-order valence-electron chi connectivity index (χ1n) is 5.74. The van der Waals surface area contributed by atoms with Crippen molar-refractivity contribution in [3.63, 3.8) is 0 Å². The highest BCUT2D eigenvalue weighted by molar-refractivity contribution is 5.21. The van der Waals surface area contributed by atoms with Crippen molar-refractivity contribution in [2.75, 3.05) is 7.05 Å². The third-order valence-corrected chi connectivity index (χ3v) is 3.39. The van der Waals surface area contributed by atoms with E-state index in [2.05, 4.69) is 5.32 Å². The van der Waals surface area contributed by atoms with Crippen LogP contribution in [0.25, 0.3) is 0 Å². The minimum atomic E-state index is -0.134. The van der Waals surface area contributed by atoms with Crippen LogP contribution in [0.1, 0.15) is 37.3 Å². The van der Waals surface area contributed by atoms with Crippen LogP contribution in [0, 0.1) is 11.7 Å². The summed E-state index contributed by atoms with van der Waals surface area (Å²) in [5.41, 5.74) is 1.09. The van der Waals surface area contributed by atoms with E-state index in [0.717, 1.165) is 5.56 Å². The molecule has 1 fully saturated rings. The van der Waals surface area contributed by atoms with Gasteiger partial charge >= 0.3 is 0 Å². The Kier molecular flexibility index (Phi) is 3.37. The molecule has 1 atom stereocenters. The fourth-order valence-electron chi connectivity index (χ4n) is 2.67. The summed E-state index contributed by atoms with van der Waals surface area (Å²) in [5, 5.41) is 3.32. The molecule has 0 aliphatic heterocycles. The van der Waals surface area contributed by atoms with Crippen LogP contribution in [0.2, 0.25) is 0 Å². The SMILES string of the molecule is CNC(c1cccc(F)c1)C1CCCC1. The second-order valence-corrected chi connectivity index (χ2v) is 4.37. The van der Waals surface area contributed by atoms with E-state index >= 15 is 0 Å². The Morgan fingerprint density at radius 1 is 1.33 bits per heavy atom. The number of rotatable bonds is 3. The second-order valence-electron chi connectivity index (χ2n) is 4.37. The van der Waals surface area contributed by atoms with Crippen molar-refractivity contribution < 1.29 is 4.39 Å². The third-order valence-electron chi connectivity index (χ3n) is 3.39. The largest absolute Gasteiger partial charge is 0.313 e. The van der Waals surface area contributed by atoms with Gasteiger partial charge < -0.3 is 5.32 Å². The zero-order chi connectivity index (χ0) is 10.7. The summed E-state index contributed by atoms with van der Waals surface area (Å²) in [5.74, 6) is 0.544. The molecule has 0 spiro atoms. The molecule has 15 heavy (non-hydrogen) atoms. The fraction of sp³-hybridized carbons (Fsp3) is 0.538. The molecule has 1 unspecified atom stereocenters. The van der Waals surface area contributed by atoms with Gasteiger partial charge in [0.1, 0.15) is 5.82 Å². The smallest absolute Gasteiger partial charge is 0.123 e. The molecule has 1 N–H and O–H groups in total. The van der Waals surface area contributed by atoms with E-state index in [1.165, 1.54) is 31.7 Å². The van der Waals surface area contributed by atoms with E-state index < -0.39 is 0 Å². The van der Waals surface area contributed by atoms with Crippen LogP contribution in [0.5, 0.6) is 0 Å². The van der Waals surface area contributed by atoms with Crippen molar-refractivity contribution in [1.82, 2.24) is 5.32 Å². The van der Waals surface area contributed by atoms with Gasteiger partial charge in [0.15, 0.2) is 0 Å². The molecule has 1 aromatic carbocycles. The predicted molar refractivity (Wildman–Crippen MR) is 60.2 cm³/mol. The van der Waals surface area contributed by atoms with E-state index in [0.29, 0.717) is 12.0 Å². The zero-order valence-electron chi connectivity index (χ0n) is 9.17. The summed E-state index contributed by atoms with van der Waals surface area (Å²) in [7, 11) is 1.97. The van der Waals surface area contributed by atoms with Crippen LogP contribution >= 0.6 is 0 Å². The van der Waals surface area contributed by atoms with Gasteiger partial charge in [0, 0.05) is 6.04 Å². The van der Waals surface area contributed by atoms with Crippen LogP contribution in [0.15, 0.2) is 24.3 Å². The normalized spacial score (nSPS) is 19.3. The van der Waals surface area contributed by atoms with Crippen LogP contribution in [0.4, 0.5) is 4.39 Å². The monoisotopic (exact) mass is 207 g/mol. The van der Waals surface area contributed by atoms with E-state index in [1.54, 1.807) is 12.1 Å². The molecule has 1 aromatic rings. The standard InChI is InChI=1S/C13H18FN/c1-15-13(10-5-2-3-6-10)11-7-4-8-12(14)9-11/h4,7-10,13,15H,2-3,5-6H2,1H3. The van der Waals surface area contributed by atoms with Gasteiger partial charge in [-0.25, -0.2) is 4.39 Å². The lowest BCUT2D eigenvalue weighted by atomic mass is 9.92. The van der Waals surface area contributed by atoms with E-state index in [9.17, 15) is 4.39 Å². The molecule has 2 heteroatoms. The summed E-state index contributed by atoms with van der Waals surface area (Å²) >= 11 is 0. The maximum atomic E-state index is 13.1. The topological polar surface area (TPSA) is 12.0 Å². The van der Waals surface area contributed by atoms with E-state index in [4.69, 9.17) is 0 Å². The summed E-state index contributed by atoms with van der Waals surface area (Å²) in [6, 6.07) is 7.29. The van der Waals surface area contributed by atoms with Crippen molar-refractivity contribution in [1.29, 1.82) is 0 Å². The lowest BCUT2D eigenvalue weighted by molar-refractivity contribution is 0.389. The maximum Gasteiger partial charge on any atom is 0.123 e. The van der Waals surface area contributed by atoms with Crippen LogP contribution in [0.3, 0.4) is 0 Å². The van der Waals surface area contributed by atoms with Gasteiger partial charge in [-0.15, -0.1) is 0 Å². The minimum absolute atomic E-state index is 0.134. The number of hydrogen-bond donors (Lipinski definition) is 1. The summed E-state index contributed by atoms with van der Waals surface area (Å²) in [4.78, 5) is 0. The van der Waals surface area contributed by atoms with Gasteiger partial charge in [0.2, 0.25) is 0 Å². The molecule has 1 aliphatic rings. The number of nitrogens with one attached hydrogen (secondary N) is 1. The predicted octanol–water partition coefficient (Wildman–Crippen LogP) is 3.28. The lowest BCUT2D eigenvalue weighted by Gasteiger charge is -2.23. The molecular weight excluding hydrogens is 189 g/mol. The first-order chi connectivity index (χ1) is 7.31. The molecule has 82 valence electrons. The van der Waals surface area contributed by atoms with Crippen molar-refractivity contribution in [2.45, 2.75) is 31.7 Å². The molecular formula is C13H18FN. The molecule has 1 nitrogen and oxygen atoms in total.